The van der Waals surface area contributed by atoms with Crippen molar-refractivity contribution in [1.82, 2.24) is 4.98 Å². The number of halogens is 1. The number of amides is 1. The summed E-state index contributed by atoms with van der Waals surface area (Å²) in [5.41, 5.74) is 2.65. The van der Waals surface area contributed by atoms with E-state index in [0.717, 1.165) is 21.5 Å². The fourth-order valence-corrected chi connectivity index (χ4v) is 2.69. The van der Waals surface area contributed by atoms with E-state index in [9.17, 15) is 4.79 Å². The van der Waals surface area contributed by atoms with E-state index in [1.807, 2.05) is 37.3 Å². The predicted octanol–water partition coefficient (Wildman–Crippen LogP) is 3.66. The third kappa shape index (κ3) is 2.93. The van der Waals surface area contributed by atoms with E-state index in [2.05, 4.69) is 26.2 Å². The molecule has 21 heavy (non-hydrogen) atoms. The van der Waals surface area contributed by atoms with Gasteiger partial charge in [-0.3, -0.25) is 4.79 Å². The summed E-state index contributed by atoms with van der Waals surface area (Å²) in [6, 6.07) is 9.60. The average molecular weight is 347 g/mol. The molecule has 1 unspecified atom stereocenters. The van der Waals surface area contributed by atoms with Crippen LogP contribution < -0.4 is 10.1 Å². The summed E-state index contributed by atoms with van der Waals surface area (Å²) in [5, 5.41) is 2.94. The van der Waals surface area contributed by atoms with E-state index in [1.165, 1.54) is 0 Å². The number of aromatic nitrogens is 1. The summed E-state index contributed by atoms with van der Waals surface area (Å²) < 4.78 is 6.38. The minimum Gasteiger partial charge on any atom is -0.493 e. The number of carbonyl (C=O) groups is 1. The predicted molar refractivity (Wildman–Crippen MR) is 84.6 cm³/mol. The number of hydrogen-bond donors (Lipinski definition) is 1. The summed E-state index contributed by atoms with van der Waals surface area (Å²) in [5.74, 6) is 0.599. The normalized spacial score (nSPS) is 16.8. The van der Waals surface area contributed by atoms with Crippen LogP contribution in [0.4, 0.5) is 5.69 Å². The molecule has 2 heterocycles. The monoisotopic (exact) mass is 346 g/mol. The van der Waals surface area contributed by atoms with E-state index in [1.54, 1.807) is 6.20 Å². The van der Waals surface area contributed by atoms with Crippen molar-refractivity contribution in [2.45, 2.75) is 19.3 Å². The molecule has 108 valence electrons. The molecule has 1 aromatic carbocycles. The Morgan fingerprint density at radius 3 is 3.05 bits per heavy atom. The Bertz CT molecular complexity index is 688. The van der Waals surface area contributed by atoms with E-state index in [4.69, 9.17) is 4.74 Å². The van der Waals surface area contributed by atoms with Crippen molar-refractivity contribution in [2.75, 3.05) is 11.9 Å². The van der Waals surface area contributed by atoms with Crippen LogP contribution in [0.1, 0.15) is 23.5 Å². The highest BCUT2D eigenvalue weighted by Gasteiger charge is 2.27. The van der Waals surface area contributed by atoms with Crippen molar-refractivity contribution in [3.63, 3.8) is 0 Å². The lowest BCUT2D eigenvalue weighted by molar-refractivity contribution is -0.118. The van der Waals surface area contributed by atoms with Gasteiger partial charge in [-0.25, -0.2) is 4.98 Å². The quantitative estimate of drug-likeness (QED) is 0.844. The first kappa shape index (κ1) is 14.1. The maximum atomic E-state index is 12.5. The maximum Gasteiger partial charge on any atom is 0.232 e. The number of aryl methyl sites for hydroxylation is 1. The Balaban J connectivity index is 1.81. The van der Waals surface area contributed by atoms with Crippen molar-refractivity contribution in [1.29, 1.82) is 0 Å². The van der Waals surface area contributed by atoms with E-state index >= 15 is 0 Å². The third-order valence-electron chi connectivity index (χ3n) is 3.56. The molecule has 0 spiro atoms. The SMILES string of the molecule is Cc1cc(NC(=O)C2CCOc3ccccc32)cnc1Br. The number of pyridine rings is 1. The number of rotatable bonds is 2. The first-order valence-corrected chi connectivity index (χ1v) is 7.59. The third-order valence-corrected chi connectivity index (χ3v) is 4.39. The van der Waals surface area contributed by atoms with Gasteiger partial charge in [-0.05, 0) is 47.0 Å². The van der Waals surface area contributed by atoms with Crippen LogP contribution in [-0.2, 0) is 4.79 Å². The Kier molecular flexibility index (Phi) is 3.92. The van der Waals surface area contributed by atoms with Gasteiger partial charge in [0, 0.05) is 5.56 Å². The highest BCUT2D eigenvalue weighted by atomic mass is 79.9. The highest BCUT2D eigenvalue weighted by Crippen LogP contribution is 2.34. The first-order valence-electron chi connectivity index (χ1n) is 6.80. The molecule has 2 aromatic rings. The number of hydrogen-bond acceptors (Lipinski definition) is 3. The van der Waals surface area contributed by atoms with E-state index in [-0.39, 0.29) is 11.8 Å². The number of anilines is 1. The number of benzene rings is 1. The van der Waals surface area contributed by atoms with Gasteiger partial charge in [0.25, 0.3) is 0 Å². The standard InChI is InChI=1S/C16H15BrN2O2/c1-10-8-11(9-18-15(10)17)19-16(20)13-6-7-21-14-5-3-2-4-12(13)14/h2-5,8-9,13H,6-7H2,1H3,(H,19,20). The summed E-state index contributed by atoms with van der Waals surface area (Å²) in [4.78, 5) is 16.7. The van der Waals surface area contributed by atoms with Crippen LogP contribution in [0.5, 0.6) is 5.75 Å². The molecular formula is C16H15BrN2O2. The molecule has 0 saturated heterocycles. The number of nitrogens with zero attached hydrogens (tertiary/aromatic N) is 1. The second-order valence-electron chi connectivity index (χ2n) is 5.05. The Morgan fingerprint density at radius 2 is 2.24 bits per heavy atom. The number of carbonyl (C=O) groups excluding carboxylic acids is 1. The molecule has 1 amide bonds. The molecule has 1 aromatic heterocycles. The van der Waals surface area contributed by atoms with Gasteiger partial charge in [0.05, 0.1) is 24.4 Å². The topological polar surface area (TPSA) is 51.2 Å². The molecule has 4 nitrogen and oxygen atoms in total. The molecule has 1 atom stereocenters. The van der Waals surface area contributed by atoms with Gasteiger partial charge >= 0.3 is 0 Å². The molecule has 0 bridgehead atoms. The molecule has 0 saturated carbocycles. The van der Waals surface area contributed by atoms with Crippen molar-refractivity contribution >= 4 is 27.5 Å². The molecule has 0 aliphatic carbocycles. The van der Waals surface area contributed by atoms with Crippen LogP contribution in [-0.4, -0.2) is 17.5 Å². The Hall–Kier alpha value is -1.88. The molecule has 3 rings (SSSR count). The summed E-state index contributed by atoms with van der Waals surface area (Å²) in [6.45, 7) is 2.50. The van der Waals surface area contributed by atoms with Gasteiger partial charge in [0.15, 0.2) is 0 Å². The van der Waals surface area contributed by atoms with Crippen molar-refractivity contribution in [3.05, 3.63) is 52.3 Å². The van der Waals surface area contributed by atoms with Gasteiger partial charge < -0.3 is 10.1 Å². The van der Waals surface area contributed by atoms with Crippen molar-refractivity contribution in [3.8, 4) is 5.75 Å². The zero-order valence-electron chi connectivity index (χ0n) is 11.6. The lowest BCUT2D eigenvalue weighted by Gasteiger charge is -2.25. The van der Waals surface area contributed by atoms with Crippen molar-refractivity contribution < 1.29 is 9.53 Å². The second kappa shape index (κ2) is 5.85. The van der Waals surface area contributed by atoms with Gasteiger partial charge in [0.1, 0.15) is 10.4 Å². The molecule has 0 fully saturated rings. The average Bonchev–Trinajstić information content (AvgIpc) is 2.50. The summed E-state index contributed by atoms with van der Waals surface area (Å²) in [6.07, 6.45) is 2.34. The minimum atomic E-state index is -0.182. The molecule has 1 aliphatic rings. The number of ether oxygens (including phenoxy) is 1. The molecule has 0 radical (unpaired) electrons. The lowest BCUT2D eigenvalue weighted by atomic mass is 9.92. The van der Waals surface area contributed by atoms with Crippen LogP contribution in [0.25, 0.3) is 0 Å². The smallest absolute Gasteiger partial charge is 0.232 e. The van der Waals surface area contributed by atoms with Gasteiger partial charge in [-0.2, -0.15) is 0 Å². The lowest BCUT2D eigenvalue weighted by Crippen LogP contribution is -2.26. The van der Waals surface area contributed by atoms with Crippen LogP contribution in [0.3, 0.4) is 0 Å². The molecule has 5 heteroatoms. The van der Waals surface area contributed by atoms with Gasteiger partial charge in [0.2, 0.25) is 5.91 Å². The summed E-state index contributed by atoms with van der Waals surface area (Å²) in [7, 11) is 0. The number of fused-ring (bicyclic) bond motifs is 1. The molecule has 1 N–H and O–H groups in total. The van der Waals surface area contributed by atoms with Crippen LogP contribution in [0.2, 0.25) is 0 Å². The van der Waals surface area contributed by atoms with E-state index < -0.39 is 0 Å². The van der Waals surface area contributed by atoms with Crippen LogP contribution in [0.15, 0.2) is 41.1 Å². The Labute approximate surface area is 131 Å². The zero-order chi connectivity index (χ0) is 14.8. The fraction of sp³-hybridized carbons (Fsp3) is 0.250. The number of para-hydroxylation sites is 1. The second-order valence-corrected chi connectivity index (χ2v) is 5.80. The molecule has 1 aliphatic heterocycles. The highest BCUT2D eigenvalue weighted by molar-refractivity contribution is 9.10. The van der Waals surface area contributed by atoms with E-state index in [0.29, 0.717) is 18.7 Å². The van der Waals surface area contributed by atoms with Crippen LogP contribution >= 0.6 is 15.9 Å². The number of nitrogens with one attached hydrogen (secondary N) is 1. The molecular weight excluding hydrogens is 332 g/mol. The fourth-order valence-electron chi connectivity index (χ4n) is 2.47. The van der Waals surface area contributed by atoms with Gasteiger partial charge in [-0.1, -0.05) is 18.2 Å². The maximum absolute atomic E-state index is 12.5. The van der Waals surface area contributed by atoms with Crippen LogP contribution in [0, 0.1) is 6.92 Å². The summed E-state index contributed by atoms with van der Waals surface area (Å²) >= 11 is 3.35. The van der Waals surface area contributed by atoms with Crippen molar-refractivity contribution in [2.24, 2.45) is 0 Å². The zero-order valence-corrected chi connectivity index (χ0v) is 13.2. The minimum absolute atomic E-state index is 0.0192. The first-order chi connectivity index (χ1) is 10.1. The largest absolute Gasteiger partial charge is 0.493 e. The van der Waals surface area contributed by atoms with Gasteiger partial charge in [-0.15, -0.1) is 0 Å². The Morgan fingerprint density at radius 1 is 1.43 bits per heavy atom.